The van der Waals surface area contributed by atoms with Crippen LogP contribution in [0.5, 0.6) is 0 Å². The molecule has 0 radical (unpaired) electrons. The third kappa shape index (κ3) is 4.83. The average molecular weight is 601 g/mol. The van der Waals surface area contributed by atoms with Crippen molar-refractivity contribution in [1.29, 1.82) is 0 Å². The summed E-state index contributed by atoms with van der Waals surface area (Å²) in [5.74, 6) is 0. The summed E-state index contributed by atoms with van der Waals surface area (Å²) in [6.45, 7) is 0. The molecular weight excluding hydrogens is 561 g/mol. The van der Waals surface area contributed by atoms with Crippen molar-refractivity contribution in [2.75, 3.05) is 0 Å². The van der Waals surface area contributed by atoms with Crippen LogP contribution < -0.4 is 31.1 Å². The van der Waals surface area contributed by atoms with Crippen LogP contribution in [0.15, 0.2) is 182 Å². The highest BCUT2D eigenvalue weighted by Crippen LogP contribution is 2.50. The normalized spacial score (nSPS) is 17.2. The van der Waals surface area contributed by atoms with E-state index >= 15 is 0 Å². The van der Waals surface area contributed by atoms with Gasteiger partial charge < -0.3 is 0 Å². The Bertz CT molecular complexity index is 1410. The molecule has 216 valence electrons. The lowest BCUT2D eigenvalue weighted by molar-refractivity contribution is 0.489. The molecule has 6 aromatic carbocycles. The maximum Gasteiger partial charge on any atom is 0.151 e. The Morgan fingerprint density at radius 2 is 0.455 bits per heavy atom. The van der Waals surface area contributed by atoms with E-state index in [1.807, 2.05) is 0 Å². The van der Waals surface area contributed by atoms with Gasteiger partial charge in [-0.05, 0) is 42.2 Å². The van der Waals surface area contributed by atoms with Crippen molar-refractivity contribution in [3.8, 4) is 0 Å². The quantitative estimate of drug-likeness (QED) is 0.136. The molecule has 0 heterocycles. The van der Waals surface area contributed by atoms with Gasteiger partial charge in [0.1, 0.15) is 0 Å². The zero-order valence-corrected chi connectivity index (χ0v) is 27.3. The van der Waals surface area contributed by atoms with Gasteiger partial charge in [0.2, 0.25) is 0 Å². The lowest BCUT2D eigenvalue weighted by Gasteiger charge is -2.53. The molecule has 1 saturated carbocycles. The summed E-state index contributed by atoms with van der Waals surface area (Å²) < 4.78 is 0. The maximum atomic E-state index is 2.45. The number of hydrogen-bond donors (Lipinski definition) is 0. The highest BCUT2D eigenvalue weighted by Gasteiger charge is 2.57. The van der Waals surface area contributed by atoms with Crippen LogP contribution in [-0.4, -0.2) is 16.1 Å². The minimum Gasteiger partial charge on any atom is -0.0624 e. The van der Waals surface area contributed by atoms with Crippen LogP contribution in [0.3, 0.4) is 0 Å². The minimum atomic E-state index is -2.56. The largest absolute Gasteiger partial charge is 0.151 e. The predicted molar refractivity (Wildman–Crippen MR) is 194 cm³/mol. The smallest absolute Gasteiger partial charge is 0.0624 e. The summed E-state index contributed by atoms with van der Waals surface area (Å²) in [6.07, 6.45) is 5.06. The molecule has 6 aromatic rings. The molecule has 0 saturated heterocycles. The Kier molecular flexibility index (Phi) is 8.28. The number of benzene rings is 6. The van der Waals surface area contributed by atoms with Crippen molar-refractivity contribution < 1.29 is 0 Å². The summed E-state index contributed by atoms with van der Waals surface area (Å²) in [5, 5.41) is 9.20. The van der Waals surface area contributed by atoms with Crippen molar-refractivity contribution in [1.82, 2.24) is 0 Å². The second kappa shape index (κ2) is 12.8. The lowest BCUT2D eigenvalue weighted by atomic mass is 9.99. The summed E-state index contributed by atoms with van der Waals surface area (Å²) in [5.41, 5.74) is 1.05. The van der Waals surface area contributed by atoms with Gasteiger partial charge in [0.25, 0.3) is 0 Å². The Balaban J connectivity index is 1.61. The Morgan fingerprint density at radius 3 is 0.636 bits per heavy atom. The molecule has 1 aliphatic rings. The molecule has 0 nitrogen and oxygen atoms in total. The van der Waals surface area contributed by atoms with Crippen molar-refractivity contribution in [2.45, 2.75) is 36.8 Å². The zero-order chi connectivity index (χ0) is 29.7. The third-order valence-corrected chi connectivity index (χ3v) is 21.7. The topological polar surface area (TPSA) is 0 Å². The van der Waals surface area contributed by atoms with Crippen molar-refractivity contribution in [3.05, 3.63) is 182 Å². The molecule has 0 unspecified atom stereocenters. The average Bonchev–Trinajstić information content (AvgIpc) is 3.12. The SMILES string of the molecule is c1ccc([Si](c2ccccc2)(c2ccccc2)[C@H]2CCCC[C@@H]2[Si](c2ccccc2)(c2ccccc2)c2ccccc2)cc1. The molecule has 0 aromatic heterocycles. The van der Waals surface area contributed by atoms with Crippen molar-refractivity contribution >= 4 is 47.3 Å². The van der Waals surface area contributed by atoms with E-state index < -0.39 is 16.1 Å². The Hall–Kier alpha value is -4.25. The van der Waals surface area contributed by atoms with Gasteiger partial charge in [0.15, 0.2) is 16.1 Å². The molecule has 0 bridgehead atoms. The van der Waals surface area contributed by atoms with E-state index in [0.29, 0.717) is 11.1 Å². The predicted octanol–water partition coefficient (Wildman–Crippen LogP) is 6.64. The van der Waals surface area contributed by atoms with Gasteiger partial charge in [-0.15, -0.1) is 0 Å². The minimum absolute atomic E-state index is 0.524. The van der Waals surface area contributed by atoms with Crippen LogP contribution in [0, 0.1) is 0 Å². The maximum absolute atomic E-state index is 2.56. The Morgan fingerprint density at radius 1 is 0.273 bits per heavy atom. The van der Waals surface area contributed by atoms with Crippen LogP contribution in [0.4, 0.5) is 0 Å². The Labute approximate surface area is 265 Å². The molecule has 0 spiro atoms. The van der Waals surface area contributed by atoms with Crippen LogP contribution in [0.1, 0.15) is 25.7 Å². The first-order valence-electron chi connectivity index (χ1n) is 16.2. The van der Waals surface area contributed by atoms with Gasteiger partial charge in [-0.25, -0.2) is 0 Å². The molecule has 0 amide bonds. The number of rotatable bonds is 8. The lowest BCUT2D eigenvalue weighted by Crippen LogP contribution is -2.76. The van der Waals surface area contributed by atoms with E-state index in [0.717, 1.165) is 0 Å². The fourth-order valence-electron chi connectivity index (χ4n) is 8.66. The van der Waals surface area contributed by atoms with E-state index in [4.69, 9.17) is 0 Å². The summed E-state index contributed by atoms with van der Waals surface area (Å²) in [4.78, 5) is 0. The molecule has 0 N–H and O–H groups in total. The highest BCUT2D eigenvalue weighted by molar-refractivity contribution is 7.17. The monoisotopic (exact) mass is 600 g/mol. The fraction of sp³-hybridized carbons (Fsp3) is 0.143. The van der Waals surface area contributed by atoms with Crippen LogP contribution >= 0.6 is 0 Å². The summed E-state index contributed by atoms with van der Waals surface area (Å²) in [6, 6.07) is 69.9. The van der Waals surface area contributed by atoms with Crippen molar-refractivity contribution in [2.24, 2.45) is 0 Å². The zero-order valence-electron chi connectivity index (χ0n) is 25.3. The van der Waals surface area contributed by atoms with E-state index in [-0.39, 0.29) is 0 Å². The first-order chi connectivity index (χ1) is 21.9. The second-order valence-corrected chi connectivity index (χ2v) is 20.5. The van der Waals surface area contributed by atoms with E-state index in [1.54, 1.807) is 0 Å². The van der Waals surface area contributed by atoms with E-state index in [2.05, 4.69) is 182 Å². The second-order valence-electron chi connectivity index (χ2n) is 12.3. The standard InChI is InChI=1S/C42H40Si2/c1-7-21-35(22-8-1)43(36-23-9-2-10-24-36,37-25-11-3-12-26-37)41-33-19-20-34-42(41)44(38-27-13-4-14-28-38,39-29-15-5-16-30-39)40-31-17-6-18-32-40/h1-18,21-32,41-42H,19-20,33-34H2/t41-,42-/m0/s1. The van der Waals surface area contributed by atoms with Crippen LogP contribution in [-0.2, 0) is 0 Å². The fourth-order valence-corrected chi connectivity index (χ4v) is 21.9. The van der Waals surface area contributed by atoms with Gasteiger partial charge in [-0.2, -0.15) is 0 Å². The molecular formula is C42H40Si2. The van der Waals surface area contributed by atoms with Gasteiger partial charge in [0, 0.05) is 0 Å². The first-order valence-corrected chi connectivity index (χ1v) is 20.3. The molecule has 44 heavy (non-hydrogen) atoms. The van der Waals surface area contributed by atoms with Crippen LogP contribution in [0.2, 0.25) is 11.1 Å². The summed E-state index contributed by atoms with van der Waals surface area (Å²) in [7, 11) is -5.12. The van der Waals surface area contributed by atoms with Gasteiger partial charge in [0.05, 0.1) is 0 Å². The molecule has 1 fully saturated rings. The van der Waals surface area contributed by atoms with E-state index in [9.17, 15) is 0 Å². The molecule has 2 atom stereocenters. The van der Waals surface area contributed by atoms with Gasteiger partial charge in [-0.1, -0.05) is 208 Å². The van der Waals surface area contributed by atoms with Gasteiger partial charge in [-0.3, -0.25) is 0 Å². The van der Waals surface area contributed by atoms with Gasteiger partial charge >= 0.3 is 0 Å². The third-order valence-electron chi connectivity index (χ3n) is 10.3. The number of hydrogen-bond acceptors (Lipinski definition) is 0. The summed E-state index contributed by atoms with van der Waals surface area (Å²) >= 11 is 0. The first kappa shape index (κ1) is 28.5. The highest BCUT2D eigenvalue weighted by atomic mass is 28.3. The molecule has 1 aliphatic carbocycles. The molecule has 7 rings (SSSR count). The molecule has 0 aliphatic heterocycles. The van der Waals surface area contributed by atoms with E-state index in [1.165, 1.54) is 56.8 Å². The molecule has 2 heteroatoms. The van der Waals surface area contributed by atoms with Crippen LogP contribution in [0.25, 0.3) is 0 Å². The van der Waals surface area contributed by atoms with Crippen molar-refractivity contribution in [3.63, 3.8) is 0 Å².